The number of halogens is 1. The second-order valence-electron chi connectivity index (χ2n) is 4.72. The molecule has 0 aliphatic carbocycles. The molecule has 4 aromatic rings. The zero-order valence-electron chi connectivity index (χ0n) is 10.6. The van der Waals surface area contributed by atoms with Crippen molar-refractivity contribution in [3.8, 4) is 0 Å². The first-order valence-corrected chi connectivity index (χ1v) is 6.09. The van der Waals surface area contributed by atoms with E-state index in [0.29, 0.717) is 0 Å². The molecule has 2 nitrogen and oxygen atoms in total. The molecular formula is C16H10FIrN2-. The first-order valence-electron chi connectivity index (χ1n) is 6.09. The van der Waals surface area contributed by atoms with Crippen LogP contribution in [0.25, 0.3) is 32.4 Å². The molecule has 0 aliphatic rings. The van der Waals surface area contributed by atoms with Crippen molar-refractivity contribution in [1.82, 2.24) is 9.78 Å². The van der Waals surface area contributed by atoms with E-state index >= 15 is 0 Å². The van der Waals surface area contributed by atoms with E-state index in [1.807, 2.05) is 37.5 Å². The summed E-state index contributed by atoms with van der Waals surface area (Å²) >= 11 is 0. The zero-order chi connectivity index (χ0) is 13.0. The van der Waals surface area contributed by atoms with E-state index in [1.165, 1.54) is 6.07 Å². The summed E-state index contributed by atoms with van der Waals surface area (Å²) in [4.78, 5) is 0. The molecule has 0 N–H and O–H groups in total. The van der Waals surface area contributed by atoms with Crippen LogP contribution in [-0.4, -0.2) is 9.78 Å². The van der Waals surface area contributed by atoms with Crippen molar-refractivity contribution < 1.29 is 24.5 Å². The van der Waals surface area contributed by atoms with Crippen molar-refractivity contribution in [2.45, 2.75) is 0 Å². The summed E-state index contributed by atoms with van der Waals surface area (Å²) in [6.45, 7) is 0. The normalized spacial score (nSPS) is 11.1. The number of aryl methyl sites for hydroxylation is 1. The first-order chi connectivity index (χ1) is 9.24. The average Bonchev–Trinajstić information content (AvgIpc) is 2.81. The van der Waals surface area contributed by atoms with E-state index in [0.717, 1.165) is 32.4 Å². The third-order valence-corrected chi connectivity index (χ3v) is 3.48. The summed E-state index contributed by atoms with van der Waals surface area (Å²) in [5, 5.41) is 9.43. The van der Waals surface area contributed by atoms with Gasteiger partial charge < -0.3 is 0 Å². The van der Waals surface area contributed by atoms with E-state index in [2.05, 4.69) is 11.2 Å². The van der Waals surface area contributed by atoms with Gasteiger partial charge in [0.15, 0.2) is 0 Å². The van der Waals surface area contributed by atoms with Crippen LogP contribution >= 0.6 is 0 Å². The predicted molar refractivity (Wildman–Crippen MR) is 74.5 cm³/mol. The number of fused-ring (bicyclic) bond motifs is 6. The Morgan fingerprint density at radius 1 is 1.10 bits per heavy atom. The van der Waals surface area contributed by atoms with Crippen LogP contribution in [0.4, 0.5) is 4.39 Å². The van der Waals surface area contributed by atoms with E-state index in [9.17, 15) is 4.39 Å². The molecule has 0 saturated heterocycles. The van der Waals surface area contributed by atoms with Crippen LogP contribution in [0, 0.1) is 11.9 Å². The molecule has 0 unspecified atom stereocenters. The van der Waals surface area contributed by atoms with E-state index in [1.54, 1.807) is 10.7 Å². The van der Waals surface area contributed by atoms with Crippen LogP contribution in [0.5, 0.6) is 0 Å². The smallest absolute Gasteiger partial charge is 0.0385 e. The summed E-state index contributed by atoms with van der Waals surface area (Å²) in [5.41, 5.74) is 0.871. The van der Waals surface area contributed by atoms with Crippen molar-refractivity contribution in [2.24, 2.45) is 7.05 Å². The Morgan fingerprint density at radius 3 is 2.55 bits per heavy atom. The van der Waals surface area contributed by atoms with Crippen molar-refractivity contribution in [2.75, 3.05) is 0 Å². The second-order valence-corrected chi connectivity index (χ2v) is 4.72. The molecule has 20 heavy (non-hydrogen) atoms. The van der Waals surface area contributed by atoms with Gasteiger partial charge >= 0.3 is 0 Å². The van der Waals surface area contributed by atoms with Gasteiger partial charge in [-0.15, -0.1) is 23.6 Å². The maximum Gasteiger partial charge on any atom is 0.0385 e. The van der Waals surface area contributed by atoms with Gasteiger partial charge in [-0.25, -0.2) is 5.10 Å². The maximum atomic E-state index is 13.5. The average molecular weight is 441 g/mol. The Morgan fingerprint density at radius 2 is 1.80 bits per heavy atom. The SMILES string of the molecule is Cn1cc2c3ccccc3c3cc(F)c[c-]c3c2n1.[Ir]. The van der Waals surface area contributed by atoms with Gasteiger partial charge in [0, 0.05) is 44.7 Å². The van der Waals surface area contributed by atoms with Crippen LogP contribution in [0.3, 0.4) is 0 Å². The molecule has 0 saturated carbocycles. The summed E-state index contributed by atoms with van der Waals surface area (Å²) in [7, 11) is 1.89. The number of hydrogen-bond acceptors (Lipinski definition) is 1. The van der Waals surface area contributed by atoms with Crippen molar-refractivity contribution >= 4 is 32.4 Å². The number of aromatic nitrogens is 2. The van der Waals surface area contributed by atoms with Gasteiger partial charge in [0.1, 0.15) is 0 Å². The summed E-state index contributed by atoms with van der Waals surface area (Å²) < 4.78 is 15.3. The molecule has 0 atom stereocenters. The number of rotatable bonds is 0. The van der Waals surface area contributed by atoms with Crippen LogP contribution < -0.4 is 0 Å². The minimum Gasteiger partial charge on any atom is -0.285 e. The summed E-state index contributed by atoms with van der Waals surface area (Å²) in [6, 6.07) is 14.0. The Balaban J connectivity index is 0.00000121. The monoisotopic (exact) mass is 442 g/mol. The molecule has 0 bridgehead atoms. The minimum absolute atomic E-state index is 0. The van der Waals surface area contributed by atoms with Crippen molar-refractivity contribution in [3.63, 3.8) is 0 Å². The Bertz CT molecular complexity index is 943. The fourth-order valence-corrected chi connectivity index (χ4v) is 2.70. The Labute approximate surface area is 128 Å². The quantitative estimate of drug-likeness (QED) is 0.300. The molecule has 0 aliphatic heterocycles. The molecule has 4 rings (SSSR count). The van der Waals surface area contributed by atoms with Crippen LogP contribution in [0.1, 0.15) is 0 Å². The summed E-state index contributed by atoms with van der Waals surface area (Å²) in [5.74, 6) is -0.270. The maximum absolute atomic E-state index is 13.5. The van der Waals surface area contributed by atoms with Gasteiger partial charge in [-0.05, 0) is 10.8 Å². The van der Waals surface area contributed by atoms with Gasteiger partial charge in [0.05, 0.1) is 0 Å². The van der Waals surface area contributed by atoms with Crippen LogP contribution in [0.2, 0.25) is 0 Å². The fourth-order valence-electron chi connectivity index (χ4n) is 2.70. The molecule has 1 radical (unpaired) electrons. The van der Waals surface area contributed by atoms with Crippen LogP contribution in [0.15, 0.2) is 42.6 Å². The predicted octanol–water partition coefficient (Wildman–Crippen LogP) is 3.82. The minimum atomic E-state index is -0.270. The number of benzene rings is 3. The molecule has 1 heterocycles. The van der Waals surface area contributed by atoms with Gasteiger partial charge in [0.25, 0.3) is 0 Å². The van der Waals surface area contributed by atoms with Crippen molar-refractivity contribution in [1.29, 1.82) is 0 Å². The molecule has 0 spiro atoms. The standard InChI is InChI=1S/C16H10FN2.Ir/c1-19-9-15-12-5-3-2-4-11(12)14-8-10(17)6-7-13(14)16(15)18-19;/h2-6,8-9H,1H3;/q-1;. The molecular weight excluding hydrogens is 431 g/mol. The number of nitrogens with zero attached hydrogens (tertiary/aromatic N) is 2. The molecule has 101 valence electrons. The van der Waals surface area contributed by atoms with Gasteiger partial charge in [-0.3, -0.25) is 9.07 Å². The number of hydrogen-bond donors (Lipinski definition) is 0. The Hall–Kier alpha value is -1.77. The third kappa shape index (κ3) is 1.76. The third-order valence-electron chi connectivity index (χ3n) is 3.48. The summed E-state index contributed by atoms with van der Waals surface area (Å²) in [6.07, 6.45) is 1.99. The Kier molecular flexibility index (Phi) is 3.08. The van der Waals surface area contributed by atoms with E-state index < -0.39 is 0 Å². The van der Waals surface area contributed by atoms with Gasteiger partial charge in [0.2, 0.25) is 0 Å². The molecule has 4 heteroatoms. The topological polar surface area (TPSA) is 17.8 Å². The van der Waals surface area contributed by atoms with E-state index in [4.69, 9.17) is 0 Å². The fraction of sp³-hybridized carbons (Fsp3) is 0.0625. The molecule has 1 aromatic heterocycles. The molecule has 3 aromatic carbocycles. The van der Waals surface area contributed by atoms with Crippen LogP contribution in [-0.2, 0) is 27.2 Å². The second kappa shape index (κ2) is 4.65. The first kappa shape index (κ1) is 13.2. The van der Waals surface area contributed by atoms with Crippen molar-refractivity contribution in [3.05, 3.63) is 54.5 Å². The largest absolute Gasteiger partial charge is 0.285 e. The van der Waals surface area contributed by atoms with Gasteiger partial charge in [-0.2, -0.15) is 0 Å². The molecule has 0 fully saturated rings. The zero-order valence-corrected chi connectivity index (χ0v) is 13.0. The molecule has 0 amide bonds. The van der Waals surface area contributed by atoms with E-state index in [-0.39, 0.29) is 25.9 Å². The van der Waals surface area contributed by atoms with Gasteiger partial charge in [-0.1, -0.05) is 35.0 Å².